The van der Waals surface area contributed by atoms with E-state index >= 15 is 0 Å². The van der Waals surface area contributed by atoms with Crippen molar-refractivity contribution in [3.63, 3.8) is 0 Å². The van der Waals surface area contributed by atoms with E-state index in [-0.39, 0.29) is 0 Å². The molecule has 0 N–H and O–H groups in total. The summed E-state index contributed by atoms with van der Waals surface area (Å²) in [7, 11) is 1.53. The van der Waals surface area contributed by atoms with Crippen LogP contribution in [0.4, 0.5) is 5.69 Å². The first-order valence-corrected chi connectivity index (χ1v) is 6.29. The molecule has 0 saturated carbocycles. The summed E-state index contributed by atoms with van der Waals surface area (Å²) < 4.78 is 5.28. The quantitative estimate of drug-likeness (QED) is 0.802. The van der Waals surface area contributed by atoms with Crippen LogP contribution in [-0.2, 0) is 11.3 Å². The second-order valence-electron chi connectivity index (χ2n) is 4.56. The number of ether oxygens (including phenoxy) is 1. The second kappa shape index (κ2) is 4.81. The van der Waals surface area contributed by atoms with Crippen molar-refractivity contribution in [2.45, 2.75) is 6.54 Å². The fraction of sp³-hybridized carbons (Fsp3) is 0.125. The van der Waals surface area contributed by atoms with Gasteiger partial charge in [0.15, 0.2) is 0 Å². The maximum Gasteiger partial charge on any atom is 0.299 e. The van der Waals surface area contributed by atoms with Crippen molar-refractivity contribution in [1.29, 1.82) is 0 Å². The number of rotatable bonds is 3. The van der Waals surface area contributed by atoms with E-state index < -0.39 is 11.7 Å². The Bertz CT molecular complexity index is 679. The number of benzene rings is 2. The van der Waals surface area contributed by atoms with E-state index in [9.17, 15) is 9.59 Å². The van der Waals surface area contributed by atoms with Crippen molar-refractivity contribution in [3.05, 3.63) is 59.7 Å². The number of carbonyl (C=O) groups excluding carboxylic acids is 2. The Hall–Kier alpha value is -2.62. The standard InChI is InChI=1S/C16H13NO3/c1-20-13-9-5-8-12-14(13)17(16(19)15(12)18)10-11-6-3-2-4-7-11/h2-9H,10H2,1H3. The van der Waals surface area contributed by atoms with Gasteiger partial charge in [0, 0.05) is 0 Å². The highest BCUT2D eigenvalue weighted by molar-refractivity contribution is 6.52. The summed E-state index contributed by atoms with van der Waals surface area (Å²) in [5.74, 6) is -0.444. The van der Waals surface area contributed by atoms with E-state index in [1.165, 1.54) is 12.0 Å². The van der Waals surface area contributed by atoms with Crippen molar-refractivity contribution in [1.82, 2.24) is 0 Å². The number of carbonyl (C=O) groups is 2. The van der Waals surface area contributed by atoms with Gasteiger partial charge in [0.2, 0.25) is 0 Å². The Kier molecular flexibility index (Phi) is 2.99. The van der Waals surface area contributed by atoms with Gasteiger partial charge in [-0.15, -0.1) is 0 Å². The van der Waals surface area contributed by atoms with Crippen LogP contribution >= 0.6 is 0 Å². The molecule has 4 nitrogen and oxygen atoms in total. The summed E-state index contributed by atoms with van der Waals surface area (Å²) in [6.07, 6.45) is 0. The van der Waals surface area contributed by atoms with Gasteiger partial charge in [-0.1, -0.05) is 36.4 Å². The molecule has 0 aliphatic carbocycles. The first-order valence-electron chi connectivity index (χ1n) is 6.29. The molecular weight excluding hydrogens is 254 g/mol. The predicted molar refractivity (Wildman–Crippen MR) is 75.0 cm³/mol. The Morgan fingerprint density at radius 3 is 2.45 bits per heavy atom. The third kappa shape index (κ3) is 1.86. The number of fused-ring (bicyclic) bond motifs is 1. The van der Waals surface area contributed by atoms with Gasteiger partial charge in [-0.2, -0.15) is 0 Å². The zero-order valence-electron chi connectivity index (χ0n) is 11.0. The number of hydrogen-bond donors (Lipinski definition) is 0. The number of hydrogen-bond acceptors (Lipinski definition) is 3. The Morgan fingerprint density at radius 2 is 1.75 bits per heavy atom. The van der Waals surface area contributed by atoms with Crippen LogP contribution in [0.3, 0.4) is 0 Å². The van der Waals surface area contributed by atoms with Crippen LogP contribution in [0.25, 0.3) is 0 Å². The maximum absolute atomic E-state index is 12.2. The summed E-state index contributed by atoms with van der Waals surface area (Å²) in [4.78, 5) is 25.7. The molecule has 0 saturated heterocycles. The minimum atomic E-state index is -0.506. The van der Waals surface area contributed by atoms with Crippen LogP contribution in [-0.4, -0.2) is 18.8 Å². The zero-order chi connectivity index (χ0) is 14.1. The number of ketones is 1. The maximum atomic E-state index is 12.2. The fourth-order valence-corrected chi connectivity index (χ4v) is 2.40. The van der Waals surface area contributed by atoms with Gasteiger partial charge in [-0.05, 0) is 17.7 Å². The molecule has 2 aromatic carbocycles. The molecule has 0 spiro atoms. The predicted octanol–water partition coefficient (Wildman–Crippen LogP) is 2.42. The van der Waals surface area contributed by atoms with Gasteiger partial charge in [0.25, 0.3) is 11.7 Å². The fourth-order valence-electron chi connectivity index (χ4n) is 2.40. The molecule has 0 unspecified atom stereocenters. The van der Waals surface area contributed by atoms with Crippen LogP contribution in [0.5, 0.6) is 5.75 Å². The van der Waals surface area contributed by atoms with Crippen LogP contribution in [0.2, 0.25) is 0 Å². The smallest absolute Gasteiger partial charge is 0.299 e. The molecule has 0 fully saturated rings. The van der Waals surface area contributed by atoms with E-state index in [0.717, 1.165) is 5.56 Å². The molecular formula is C16H13NO3. The molecule has 0 aromatic heterocycles. The summed E-state index contributed by atoms with van der Waals surface area (Å²) >= 11 is 0. The molecule has 0 bridgehead atoms. The largest absolute Gasteiger partial charge is 0.495 e. The molecule has 3 rings (SSSR count). The average Bonchev–Trinajstić information content (AvgIpc) is 2.74. The van der Waals surface area contributed by atoms with E-state index in [1.54, 1.807) is 18.2 Å². The lowest BCUT2D eigenvalue weighted by Gasteiger charge is -2.18. The summed E-state index contributed by atoms with van der Waals surface area (Å²) in [5.41, 5.74) is 1.94. The van der Waals surface area contributed by atoms with E-state index in [0.29, 0.717) is 23.5 Å². The number of anilines is 1. The van der Waals surface area contributed by atoms with E-state index in [1.807, 2.05) is 30.3 Å². The molecule has 0 radical (unpaired) electrons. The highest BCUT2D eigenvalue weighted by Gasteiger charge is 2.37. The lowest BCUT2D eigenvalue weighted by molar-refractivity contribution is -0.114. The van der Waals surface area contributed by atoms with Crippen molar-refractivity contribution >= 4 is 17.4 Å². The van der Waals surface area contributed by atoms with Gasteiger partial charge < -0.3 is 4.74 Å². The van der Waals surface area contributed by atoms with Gasteiger partial charge in [-0.3, -0.25) is 14.5 Å². The summed E-state index contributed by atoms with van der Waals surface area (Å²) in [6.45, 7) is 0.360. The molecule has 1 aliphatic heterocycles. The first kappa shape index (κ1) is 12.4. The zero-order valence-corrected chi connectivity index (χ0v) is 11.0. The molecule has 1 aliphatic rings. The van der Waals surface area contributed by atoms with Crippen molar-refractivity contribution in [2.75, 3.05) is 12.0 Å². The van der Waals surface area contributed by atoms with Gasteiger partial charge in [-0.25, -0.2) is 0 Å². The van der Waals surface area contributed by atoms with E-state index in [2.05, 4.69) is 0 Å². The lowest BCUT2D eigenvalue weighted by Crippen LogP contribution is -2.29. The van der Waals surface area contributed by atoms with Crippen LogP contribution < -0.4 is 9.64 Å². The first-order chi connectivity index (χ1) is 9.72. The molecule has 20 heavy (non-hydrogen) atoms. The molecule has 4 heteroatoms. The number of Topliss-reactive ketones (excluding diaryl/α,β-unsaturated/α-hetero) is 1. The highest BCUT2D eigenvalue weighted by Crippen LogP contribution is 2.38. The van der Waals surface area contributed by atoms with Crippen molar-refractivity contribution in [3.8, 4) is 5.75 Å². The average molecular weight is 267 g/mol. The van der Waals surface area contributed by atoms with Crippen molar-refractivity contribution in [2.24, 2.45) is 0 Å². The number of amides is 1. The summed E-state index contributed by atoms with van der Waals surface area (Å²) in [6, 6.07) is 14.7. The van der Waals surface area contributed by atoms with E-state index in [4.69, 9.17) is 4.74 Å². The minimum Gasteiger partial charge on any atom is -0.495 e. The monoisotopic (exact) mass is 267 g/mol. The normalized spacial score (nSPS) is 13.6. The number of nitrogens with zero attached hydrogens (tertiary/aromatic N) is 1. The SMILES string of the molecule is COc1cccc2c1N(Cc1ccccc1)C(=O)C2=O. The van der Waals surface area contributed by atoms with Crippen molar-refractivity contribution < 1.29 is 14.3 Å². The van der Waals surface area contributed by atoms with Gasteiger partial charge in [0.05, 0.1) is 24.9 Å². The molecule has 1 amide bonds. The molecule has 0 atom stereocenters. The third-order valence-corrected chi connectivity index (χ3v) is 3.36. The topological polar surface area (TPSA) is 46.6 Å². The minimum absolute atomic E-state index is 0.360. The summed E-state index contributed by atoms with van der Waals surface area (Å²) in [5, 5.41) is 0. The Labute approximate surface area is 116 Å². The van der Waals surface area contributed by atoms with Crippen LogP contribution in [0.15, 0.2) is 48.5 Å². The Balaban J connectivity index is 2.05. The highest BCUT2D eigenvalue weighted by atomic mass is 16.5. The molecule has 100 valence electrons. The van der Waals surface area contributed by atoms with Crippen LogP contribution in [0.1, 0.15) is 15.9 Å². The van der Waals surface area contributed by atoms with Gasteiger partial charge >= 0.3 is 0 Å². The third-order valence-electron chi connectivity index (χ3n) is 3.36. The molecule has 2 aromatic rings. The van der Waals surface area contributed by atoms with Crippen LogP contribution in [0, 0.1) is 0 Å². The number of methoxy groups -OCH3 is 1. The second-order valence-corrected chi connectivity index (χ2v) is 4.56. The Morgan fingerprint density at radius 1 is 1.00 bits per heavy atom. The van der Waals surface area contributed by atoms with Gasteiger partial charge in [0.1, 0.15) is 5.75 Å². The molecule has 1 heterocycles. The lowest BCUT2D eigenvalue weighted by atomic mass is 10.1. The number of para-hydroxylation sites is 1.